The highest BCUT2D eigenvalue weighted by Crippen LogP contribution is 2.19. The molecule has 0 radical (unpaired) electrons. The highest BCUT2D eigenvalue weighted by Gasteiger charge is 2.14. The lowest BCUT2D eigenvalue weighted by atomic mass is 10.1. The second kappa shape index (κ2) is 7.86. The summed E-state index contributed by atoms with van der Waals surface area (Å²) < 4.78 is 11.3. The largest absolute Gasteiger partial charge is 0.497 e. The third-order valence-corrected chi connectivity index (χ3v) is 4.22. The first kappa shape index (κ1) is 18.4. The fourth-order valence-corrected chi connectivity index (χ4v) is 2.74. The topological polar surface area (TPSA) is 95.3 Å². The minimum atomic E-state index is -0.397. The maximum atomic E-state index is 12.6. The van der Waals surface area contributed by atoms with E-state index in [1.165, 1.54) is 7.11 Å². The van der Waals surface area contributed by atoms with Crippen molar-refractivity contribution < 1.29 is 14.3 Å². The molecule has 1 atom stereocenters. The summed E-state index contributed by atoms with van der Waals surface area (Å²) in [5.41, 5.74) is 0.894. The molecular formula is C19H20N4O4. The standard InChI is InChI=1S/C19H20N4O4/c1-12(13-7-9-14(26-2)10-8-13)20-17(24)11-23-19(25)15-5-4-6-16(27-3)18(15)21-22-23/h4-10,12H,11H2,1-3H3,(H,20,24)/t12-/m0/s1. The van der Waals surface area contributed by atoms with Gasteiger partial charge in [-0.15, -0.1) is 5.10 Å². The lowest BCUT2D eigenvalue weighted by Crippen LogP contribution is -2.35. The average Bonchev–Trinajstić information content (AvgIpc) is 2.69. The molecule has 3 aromatic rings. The molecule has 140 valence electrons. The van der Waals surface area contributed by atoms with E-state index in [0.717, 1.165) is 16.0 Å². The van der Waals surface area contributed by atoms with Crippen molar-refractivity contribution in [1.82, 2.24) is 20.3 Å². The second-order valence-corrected chi connectivity index (χ2v) is 5.97. The molecule has 0 aliphatic rings. The first-order valence-electron chi connectivity index (χ1n) is 8.37. The molecule has 0 unspecified atom stereocenters. The van der Waals surface area contributed by atoms with Crippen molar-refractivity contribution in [2.24, 2.45) is 0 Å². The third kappa shape index (κ3) is 3.89. The van der Waals surface area contributed by atoms with Crippen molar-refractivity contribution in [3.63, 3.8) is 0 Å². The van der Waals surface area contributed by atoms with Crippen LogP contribution < -0.4 is 20.3 Å². The first-order chi connectivity index (χ1) is 13.0. The molecule has 0 spiro atoms. The van der Waals surface area contributed by atoms with E-state index < -0.39 is 5.56 Å². The summed E-state index contributed by atoms with van der Waals surface area (Å²) in [5, 5.41) is 11.1. The predicted molar refractivity (Wildman–Crippen MR) is 99.9 cm³/mol. The van der Waals surface area contributed by atoms with Gasteiger partial charge in [-0.05, 0) is 36.8 Å². The fraction of sp³-hybridized carbons (Fsp3) is 0.263. The monoisotopic (exact) mass is 368 g/mol. The summed E-state index contributed by atoms with van der Waals surface area (Å²) >= 11 is 0. The van der Waals surface area contributed by atoms with Crippen LogP contribution in [0, 0.1) is 0 Å². The highest BCUT2D eigenvalue weighted by atomic mass is 16.5. The van der Waals surface area contributed by atoms with Crippen molar-refractivity contribution in [2.45, 2.75) is 19.5 Å². The Hall–Kier alpha value is -3.42. The molecule has 0 aliphatic carbocycles. The number of ether oxygens (including phenoxy) is 2. The molecule has 0 saturated heterocycles. The van der Waals surface area contributed by atoms with Crippen LogP contribution in [0.1, 0.15) is 18.5 Å². The lowest BCUT2D eigenvalue weighted by Gasteiger charge is -2.15. The molecule has 3 rings (SSSR count). The number of benzene rings is 2. The zero-order valence-electron chi connectivity index (χ0n) is 15.3. The number of nitrogens with zero attached hydrogens (tertiary/aromatic N) is 3. The number of hydrogen-bond acceptors (Lipinski definition) is 6. The summed E-state index contributed by atoms with van der Waals surface area (Å²) in [6.45, 7) is 1.64. The number of hydrogen-bond donors (Lipinski definition) is 1. The van der Waals surface area contributed by atoms with Gasteiger partial charge in [0.1, 0.15) is 23.6 Å². The van der Waals surface area contributed by atoms with Gasteiger partial charge in [-0.1, -0.05) is 23.4 Å². The Labute approximate surface area is 155 Å². The van der Waals surface area contributed by atoms with Gasteiger partial charge < -0.3 is 14.8 Å². The summed E-state index contributed by atoms with van der Waals surface area (Å²) in [5.74, 6) is 0.865. The number of rotatable bonds is 6. The van der Waals surface area contributed by atoms with E-state index in [2.05, 4.69) is 15.6 Å². The van der Waals surface area contributed by atoms with Gasteiger partial charge in [0.05, 0.1) is 25.6 Å². The van der Waals surface area contributed by atoms with E-state index in [0.29, 0.717) is 16.7 Å². The van der Waals surface area contributed by atoms with E-state index in [1.807, 2.05) is 31.2 Å². The maximum absolute atomic E-state index is 12.6. The Kier molecular flexibility index (Phi) is 5.35. The Morgan fingerprint density at radius 1 is 1.15 bits per heavy atom. The molecule has 0 fully saturated rings. The average molecular weight is 368 g/mol. The second-order valence-electron chi connectivity index (χ2n) is 5.97. The Bertz CT molecular complexity index is 1010. The number of amides is 1. The third-order valence-electron chi connectivity index (χ3n) is 4.22. The van der Waals surface area contributed by atoms with Crippen LogP contribution in [0.2, 0.25) is 0 Å². The molecule has 0 saturated carbocycles. The molecule has 1 aromatic heterocycles. The number of fused-ring (bicyclic) bond motifs is 1. The summed E-state index contributed by atoms with van der Waals surface area (Å²) in [6, 6.07) is 12.2. The van der Waals surface area contributed by atoms with E-state index in [-0.39, 0.29) is 18.5 Å². The Morgan fingerprint density at radius 3 is 2.56 bits per heavy atom. The normalized spacial score (nSPS) is 11.8. The molecule has 0 aliphatic heterocycles. The van der Waals surface area contributed by atoms with Gasteiger partial charge >= 0.3 is 0 Å². The first-order valence-corrected chi connectivity index (χ1v) is 8.37. The molecule has 2 aromatic carbocycles. The molecule has 8 heteroatoms. The molecule has 1 amide bonds. The van der Waals surface area contributed by atoms with E-state index >= 15 is 0 Å². The smallest absolute Gasteiger partial charge is 0.278 e. The Morgan fingerprint density at radius 2 is 1.89 bits per heavy atom. The van der Waals surface area contributed by atoms with E-state index in [4.69, 9.17) is 9.47 Å². The van der Waals surface area contributed by atoms with Crippen LogP contribution in [-0.4, -0.2) is 35.1 Å². The minimum Gasteiger partial charge on any atom is -0.497 e. The fourth-order valence-electron chi connectivity index (χ4n) is 2.74. The van der Waals surface area contributed by atoms with E-state index in [1.54, 1.807) is 25.3 Å². The number of carbonyl (C=O) groups is 1. The molecule has 0 bridgehead atoms. The molecule has 8 nitrogen and oxygen atoms in total. The van der Waals surface area contributed by atoms with Crippen LogP contribution in [0.5, 0.6) is 11.5 Å². The van der Waals surface area contributed by atoms with Crippen molar-refractivity contribution in [3.8, 4) is 11.5 Å². The quantitative estimate of drug-likeness (QED) is 0.711. The van der Waals surface area contributed by atoms with Crippen molar-refractivity contribution in [1.29, 1.82) is 0 Å². The predicted octanol–water partition coefficient (Wildman–Crippen LogP) is 1.69. The zero-order valence-corrected chi connectivity index (χ0v) is 15.3. The molecule has 1 heterocycles. The molecule has 27 heavy (non-hydrogen) atoms. The molecular weight excluding hydrogens is 348 g/mol. The van der Waals surface area contributed by atoms with Crippen LogP contribution in [-0.2, 0) is 11.3 Å². The van der Waals surface area contributed by atoms with Gasteiger partial charge in [0.15, 0.2) is 0 Å². The highest BCUT2D eigenvalue weighted by molar-refractivity contribution is 5.83. The number of methoxy groups -OCH3 is 2. The summed E-state index contributed by atoms with van der Waals surface area (Å²) in [6.07, 6.45) is 0. The van der Waals surface area contributed by atoms with Crippen LogP contribution in [0.3, 0.4) is 0 Å². The maximum Gasteiger partial charge on any atom is 0.278 e. The van der Waals surface area contributed by atoms with Gasteiger partial charge in [0.2, 0.25) is 5.91 Å². The van der Waals surface area contributed by atoms with Gasteiger partial charge in [0.25, 0.3) is 5.56 Å². The van der Waals surface area contributed by atoms with Crippen LogP contribution in [0.25, 0.3) is 10.9 Å². The van der Waals surface area contributed by atoms with Gasteiger partial charge in [-0.3, -0.25) is 9.59 Å². The Balaban J connectivity index is 1.75. The van der Waals surface area contributed by atoms with Crippen LogP contribution in [0.15, 0.2) is 47.3 Å². The number of nitrogens with one attached hydrogen (secondary N) is 1. The zero-order chi connectivity index (χ0) is 19.4. The lowest BCUT2D eigenvalue weighted by molar-refractivity contribution is -0.122. The van der Waals surface area contributed by atoms with Gasteiger partial charge in [-0.2, -0.15) is 0 Å². The van der Waals surface area contributed by atoms with Gasteiger partial charge in [-0.25, -0.2) is 4.68 Å². The minimum absolute atomic E-state index is 0.223. The summed E-state index contributed by atoms with van der Waals surface area (Å²) in [4.78, 5) is 24.9. The summed E-state index contributed by atoms with van der Waals surface area (Å²) in [7, 11) is 3.09. The molecule has 1 N–H and O–H groups in total. The number of carbonyl (C=O) groups excluding carboxylic acids is 1. The van der Waals surface area contributed by atoms with Crippen molar-refractivity contribution >= 4 is 16.8 Å². The van der Waals surface area contributed by atoms with Crippen molar-refractivity contribution in [2.75, 3.05) is 14.2 Å². The van der Waals surface area contributed by atoms with Crippen LogP contribution >= 0.6 is 0 Å². The van der Waals surface area contributed by atoms with Gasteiger partial charge in [0, 0.05) is 0 Å². The SMILES string of the molecule is COc1ccc([C@H](C)NC(=O)Cn2nnc3c(OC)cccc3c2=O)cc1. The van der Waals surface area contributed by atoms with Crippen molar-refractivity contribution in [3.05, 3.63) is 58.4 Å². The van der Waals surface area contributed by atoms with Crippen LogP contribution in [0.4, 0.5) is 0 Å². The van der Waals surface area contributed by atoms with E-state index in [9.17, 15) is 9.59 Å². The number of aromatic nitrogens is 3.